The van der Waals surface area contributed by atoms with Crippen LogP contribution in [0.3, 0.4) is 0 Å². The molecule has 1 unspecified atom stereocenters. The molecule has 0 spiro atoms. The summed E-state index contributed by atoms with van der Waals surface area (Å²) in [5.74, 6) is -0.341. The molecule has 7 nitrogen and oxygen atoms in total. The number of carboxylic acid groups (broad SMARTS) is 1. The van der Waals surface area contributed by atoms with Crippen LogP contribution in [0.1, 0.15) is 29.1 Å². The Morgan fingerprint density at radius 2 is 2.32 bits per heavy atom. The van der Waals surface area contributed by atoms with E-state index >= 15 is 0 Å². The van der Waals surface area contributed by atoms with Gasteiger partial charge in [-0.2, -0.15) is 5.10 Å². The summed E-state index contributed by atoms with van der Waals surface area (Å²) in [6.07, 6.45) is 3.04. The van der Waals surface area contributed by atoms with Crippen LogP contribution < -0.4 is 0 Å². The minimum atomic E-state index is -0.989. The van der Waals surface area contributed by atoms with Crippen LogP contribution in [0, 0.1) is 0 Å². The fourth-order valence-corrected chi connectivity index (χ4v) is 1.96. The van der Waals surface area contributed by atoms with Gasteiger partial charge in [0.1, 0.15) is 30.0 Å². The fraction of sp³-hybridized carbons (Fsp3) is 0.167. The minimum Gasteiger partial charge on any atom is -0.478 e. The number of nitrogens with one attached hydrogen (secondary N) is 1. The maximum absolute atomic E-state index is 11.1. The van der Waals surface area contributed by atoms with Crippen LogP contribution in [0.5, 0.6) is 0 Å². The first kappa shape index (κ1) is 11.4. The normalized spacial score (nSPS) is 12.7. The van der Waals surface area contributed by atoms with E-state index in [1.165, 1.54) is 12.4 Å². The molecule has 2 aromatic heterocycles. The molecule has 0 aliphatic heterocycles. The Balaban J connectivity index is 2.12. The van der Waals surface area contributed by atoms with Crippen LogP contribution in [-0.2, 0) is 0 Å². The molecule has 1 atom stereocenters. The summed E-state index contributed by atoms with van der Waals surface area (Å²) in [7, 11) is 0. The van der Waals surface area contributed by atoms with E-state index in [2.05, 4.69) is 20.1 Å². The van der Waals surface area contributed by atoms with Gasteiger partial charge in [0.05, 0.1) is 11.1 Å². The molecule has 0 amide bonds. The van der Waals surface area contributed by atoms with Crippen molar-refractivity contribution in [1.82, 2.24) is 24.7 Å². The predicted molar refractivity (Wildman–Crippen MR) is 66.9 cm³/mol. The smallest absolute Gasteiger partial charge is 0.337 e. The number of aromatic amines is 1. The molecule has 0 aliphatic rings. The number of hydrogen-bond acceptors (Lipinski definition) is 4. The second-order valence-electron chi connectivity index (χ2n) is 4.18. The molecule has 0 saturated heterocycles. The molecular formula is C12H11N5O2. The summed E-state index contributed by atoms with van der Waals surface area (Å²) in [5.41, 5.74) is 1.34. The van der Waals surface area contributed by atoms with E-state index in [1.807, 2.05) is 6.92 Å². The maximum atomic E-state index is 11.1. The Bertz CT molecular complexity index is 732. The number of fused-ring (bicyclic) bond motifs is 1. The Labute approximate surface area is 107 Å². The Kier molecular flexibility index (Phi) is 2.52. The topological polar surface area (TPSA) is 96.7 Å². The van der Waals surface area contributed by atoms with Gasteiger partial charge in [0.25, 0.3) is 0 Å². The van der Waals surface area contributed by atoms with Crippen molar-refractivity contribution in [3.63, 3.8) is 0 Å². The lowest BCUT2D eigenvalue weighted by Crippen LogP contribution is -2.08. The molecule has 2 N–H and O–H groups in total. The largest absolute Gasteiger partial charge is 0.478 e. The number of aromatic carboxylic acids is 1. The number of H-pyrrole nitrogens is 1. The predicted octanol–water partition coefficient (Wildman–Crippen LogP) is 1.46. The van der Waals surface area contributed by atoms with E-state index in [0.717, 1.165) is 0 Å². The van der Waals surface area contributed by atoms with Gasteiger partial charge in [-0.15, -0.1) is 0 Å². The van der Waals surface area contributed by atoms with E-state index in [-0.39, 0.29) is 11.6 Å². The Hall–Kier alpha value is -2.70. The zero-order chi connectivity index (χ0) is 13.4. The van der Waals surface area contributed by atoms with E-state index in [9.17, 15) is 4.79 Å². The second kappa shape index (κ2) is 4.20. The number of carbonyl (C=O) groups is 1. The van der Waals surface area contributed by atoms with Gasteiger partial charge in [-0.05, 0) is 19.1 Å². The number of hydrogen-bond donors (Lipinski definition) is 2. The van der Waals surface area contributed by atoms with Crippen LogP contribution in [0.4, 0.5) is 0 Å². The molecule has 3 aromatic rings. The highest BCUT2D eigenvalue weighted by molar-refractivity contribution is 6.00. The number of carboxylic acids is 1. The SMILES string of the molecule is CC(c1nc2c(C(=O)O)cccc2[nH]1)n1cncn1. The summed E-state index contributed by atoms with van der Waals surface area (Å²) < 4.78 is 1.65. The maximum Gasteiger partial charge on any atom is 0.337 e. The molecule has 0 bridgehead atoms. The van der Waals surface area contributed by atoms with Crippen LogP contribution in [0.25, 0.3) is 11.0 Å². The van der Waals surface area contributed by atoms with Crippen molar-refractivity contribution in [2.24, 2.45) is 0 Å². The molecule has 0 saturated carbocycles. The molecule has 0 fully saturated rings. The molecule has 96 valence electrons. The van der Waals surface area contributed by atoms with E-state index < -0.39 is 5.97 Å². The molecular weight excluding hydrogens is 246 g/mol. The van der Waals surface area contributed by atoms with Gasteiger partial charge >= 0.3 is 5.97 Å². The van der Waals surface area contributed by atoms with E-state index in [4.69, 9.17) is 5.11 Å². The summed E-state index contributed by atoms with van der Waals surface area (Å²) in [4.78, 5) is 22.5. The molecule has 19 heavy (non-hydrogen) atoms. The zero-order valence-corrected chi connectivity index (χ0v) is 10.1. The highest BCUT2D eigenvalue weighted by Gasteiger charge is 2.16. The fourth-order valence-electron chi connectivity index (χ4n) is 1.96. The third kappa shape index (κ3) is 1.85. The first-order chi connectivity index (χ1) is 9.16. The first-order valence-electron chi connectivity index (χ1n) is 5.73. The van der Waals surface area contributed by atoms with Crippen molar-refractivity contribution in [3.05, 3.63) is 42.2 Å². The summed E-state index contributed by atoms with van der Waals surface area (Å²) in [5, 5.41) is 13.2. The number of aromatic nitrogens is 5. The first-order valence-corrected chi connectivity index (χ1v) is 5.73. The van der Waals surface area contributed by atoms with Gasteiger partial charge in [-0.3, -0.25) is 0 Å². The van der Waals surface area contributed by atoms with Crippen molar-refractivity contribution in [3.8, 4) is 0 Å². The number of nitrogens with zero attached hydrogens (tertiary/aromatic N) is 4. The highest BCUT2D eigenvalue weighted by Crippen LogP contribution is 2.21. The van der Waals surface area contributed by atoms with Gasteiger partial charge in [0.15, 0.2) is 0 Å². The van der Waals surface area contributed by atoms with Crippen molar-refractivity contribution in [2.75, 3.05) is 0 Å². The van der Waals surface area contributed by atoms with Gasteiger partial charge in [0.2, 0.25) is 0 Å². The molecule has 7 heteroatoms. The van der Waals surface area contributed by atoms with Crippen molar-refractivity contribution < 1.29 is 9.90 Å². The van der Waals surface area contributed by atoms with Gasteiger partial charge in [0, 0.05) is 0 Å². The lowest BCUT2D eigenvalue weighted by molar-refractivity contribution is 0.0699. The summed E-state index contributed by atoms with van der Waals surface area (Å²) in [6.45, 7) is 1.91. The van der Waals surface area contributed by atoms with Crippen LogP contribution in [0.2, 0.25) is 0 Å². The lowest BCUT2D eigenvalue weighted by Gasteiger charge is -2.07. The lowest BCUT2D eigenvalue weighted by atomic mass is 10.2. The molecule has 2 heterocycles. The molecule has 1 aromatic carbocycles. The molecule has 0 aliphatic carbocycles. The second-order valence-corrected chi connectivity index (χ2v) is 4.18. The van der Waals surface area contributed by atoms with Crippen LogP contribution in [-0.4, -0.2) is 35.8 Å². The Morgan fingerprint density at radius 3 is 3.00 bits per heavy atom. The van der Waals surface area contributed by atoms with E-state index in [1.54, 1.807) is 23.1 Å². The zero-order valence-electron chi connectivity index (χ0n) is 10.1. The number of rotatable bonds is 3. The van der Waals surface area contributed by atoms with Crippen LogP contribution >= 0.6 is 0 Å². The number of benzene rings is 1. The average Bonchev–Trinajstić information content (AvgIpc) is 3.06. The monoisotopic (exact) mass is 257 g/mol. The van der Waals surface area contributed by atoms with Crippen molar-refractivity contribution in [1.29, 1.82) is 0 Å². The quantitative estimate of drug-likeness (QED) is 0.740. The molecule has 0 radical (unpaired) electrons. The van der Waals surface area contributed by atoms with Crippen LogP contribution in [0.15, 0.2) is 30.9 Å². The minimum absolute atomic E-state index is 0.142. The average molecular weight is 257 g/mol. The standard InChI is InChI=1S/C12H11N5O2/c1-7(17-6-13-5-14-17)11-15-9-4-2-3-8(12(18)19)10(9)16-11/h2-7H,1H3,(H,15,16)(H,18,19). The highest BCUT2D eigenvalue weighted by atomic mass is 16.4. The molecule has 3 rings (SSSR count). The summed E-state index contributed by atoms with van der Waals surface area (Å²) in [6, 6.07) is 4.88. The van der Waals surface area contributed by atoms with Gasteiger partial charge < -0.3 is 10.1 Å². The van der Waals surface area contributed by atoms with Crippen molar-refractivity contribution in [2.45, 2.75) is 13.0 Å². The third-order valence-electron chi connectivity index (χ3n) is 2.99. The van der Waals surface area contributed by atoms with Gasteiger partial charge in [-0.1, -0.05) is 6.07 Å². The number of imidazole rings is 1. The Morgan fingerprint density at radius 1 is 1.47 bits per heavy atom. The third-order valence-corrected chi connectivity index (χ3v) is 2.99. The van der Waals surface area contributed by atoms with Crippen molar-refractivity contribution >= 4 is 17.0 Å². The number of para-hydroxylation sites is 1. The van der Waals surface area contributed by atoms with E-state index in [0.29, 0.717) is 16.9 Å². The van der Waals surface area contributed by atoms with Gasteiger partial charge in [-0.25, -0.2) is 19.4 Å². The summed E-state index contributed by atoms with van der Waals surface area (Å²) >= 11 is 0.